The number of nitrogens with two attached hydrogens (primary N) is 1. The average Bonchev–Trinajstić information content (AvgIpc) is 2.41. The third kappa shape index (κ3) is 2.47. The number of hydrogen-bond donors (Lipinski definition) is 1. The van der Waals surface area contributed by atoms with Gasteiger partial charge in [-0.1, -0.05) is 6.07 Å². The van der Waals surface area contributed by atoms with Gasteiger partial charge in [0.2, 0.25) is 0 Å². The van der Waals surface area contributed by atoms with Crippen molar-refractivity contribution < 1.29 is 0 Å². The maximum Gasteiger partial charge on any atom is 0.101 e. The molecule has 0 radical (unpaired) electrons. The quantitative estimate of drug-likeness (QED) is 0.848. The summed E-state index contributed by atoms with van der Waals surface area (Å²) in [6.45, 7) is 5.66. The van der Waals surface area contributed by atoms with Gasteiger partial charge in [-0.05, 0) is 31.7 Å². The first-order valence-corrected chi connectivity index (χ1v) is 6.34. The van der Waals surface area contributed by atoms with E-state index in [4.69, 9.17) is 5.73 Å². The fraction of sp³-hybridized carbons (Fsp3) is 0.500. The van der Waals surface area contributed by atoms with E-state index < -0.39 is 0 Å². The van der Waals surface area contributed by atoms with Gasteiger partial charge >= 0.3 is 0 Å². The van der Waals surface area contributed by atoms with E-state index in [-0.39, 0.29) is 0 Å². The molecule has 1 heterocycles. The summed E-state index contributed by atoms with van der Waals surface area (Å²) in [5.41, 5.74) is 8.39. The normalized spacial score (nSPS) is 20.8. The fourth-order valence-electron chi connectivity index (χ4n) is 2.34. The zero-order chi connectivity index (χ0) is 13.1. The largest absolute Gasteiger partial charge is 0.368 e. The molecule has 1 aromatic rings. The molecule has 4 heteroatoms. The highest BCUT2D eigenvalue weighted by Crippen LogP contribution is 2.23. The van der Waals surface area contributed by atoms with E-state index in [1.807, 2.05) is 18.2 Å². The van der Waals surface area contributed by atoms with Crippen molar-refractivity contribution in [3.05, 3.63) is 29.3 Å². The summed E-state index contributed by atoms with van der Waals surface area (Å²) < 4.78 is 0. The summed E-state index contributed by atoms with van der Waals surface area (Å²) in [5.74, 6) is 0. The minimum Gasteiger partial charge on any atom is -0.368 e. The van der Waals surface area contributed by atoms with Gasteiger partial charge in [0.1, 0.15) is 6.07 Å². The Labute approximate surface area is 109 Å². The molecule has 96 valence electrons. The molecule has 2 rings (SSSR count). The monoisotopic (exact) mass is 244 g/mol. The van der Waals surface area contributed by atoms with Crippen molar-refractivity contribution in [3.8, 4) is 6.07 Å². The molecule has 0 spiro atoms. The highest BCUT2D eigenvalue weighted by atomic mass is 15.3. The molecule has 1 aliphatic rings. The van der Waals surface area contributed by atoms with Crippen LogP contribution in [0.15, 0.2) is 18.2 Å². The number of rotatable bonds is 2. The lowest BCUT2D eigenvalue weighted by molar-refractivity contribution is 0.234. The van der Waals surface area contributed by atoms with Gasteiger partial charge in [0.05, 0.1) is 11.3 Å². The van der Waals surface area contributed by atoms with Crippen LogP contribution >= 0.6 is 0 Å². The molecule has 2 N–H and O–H groups in total. The molecule has 0 amide bonds. The van der Waals surface area contributed by atoms with Crippen LogP contribution in [-0.4, -0.2) is 37.6 Å². The maximum absolute atomic E-state index is 9.26. The van der Waals surface area contributed by atoms with Crippen molar-refractivity contribution in [2.45, 2.75) is 19.5 Å². The lowest BCUT2D eigenvalue weighted by atomic mass is 10.1. The summed E-state index contributed by atoms with van der Waals surface area (Å²) in [6.07, 6.45) is 0. The summed E-state index contributed by atoms with van der Waals surface area (Å²) >= 11 is 0. The van der Waals surface area contributed by atoms with Crippen molar-refractivity contribution in [2.24, 2.45) is 5.73 Å². The predicted molar refractivity (Wildman–Crippen MR) is 73.4 cm³/mol. The van der Waals surface area contributed by atoms with Gasteiger partial charge < -0.3 is 15.5 Å². The first kappa shape index (κ1) is 12.9. The lowest BCUT2D eigenvalue weighted by Crippen LogP contribution is -2.50. The Morgan fingerprint density at radius 3 is 2.83 bits per heavy atom. The molecule has 0 aliphatic carbocycles. The van der Waals surface area contributed by atoms with Gasteiger partial charge in [-0.2, -0.15) is 5.26 Å². The van der Waals surface area contributed by atoms with E-state index in [2.05, 4.69) is 29.8 Å². The second kappa shape index (κ2) is 5.38. The summed E-state index contributed by atoms with van der Waals surface area (Å²) in [4.78, 5) is 4.64. The fourth-order valence-corrected chi connectivity index (χ4v) is 2.34. The number of benzene rings is 1. The predicted octanol–water partition coefficient (Wildman–Crippen LogP) is 1.16. The zero-order valence-corrected chi connectivity index (χ0v) is 11.1. The zero-order valence-electron chi connectivity index (χ0n) is 11.1. The average molecular weight is 244 g/mol. The number of nitrogens with zero attached hydrogens (tertiary/aromatic N) is 3. The molecule has 1 aliphatic heterocycles. The van der Waals surface area contributed by atoms with Crippen LogP contribution in [0.5, 0.6) is 0 Å². The Bertz CT molecular complexity index is 463. The molecule has 0 aromatic heterocycles. The van der Waals surface area contributed by atoms with E-state index >= 15 is 0 Å². The molecular formula is C14H20N4. The van der Waals surface area contributed by atoms with Crippen LogP contribution in [0, 0.1) is 11.3 Å². The number of hydrogen-bond acceptors (Lipinski definition) is 4. The van der Waals surface area contributed by atoms with E-state index in [0.29, 0.717) is 12.6 Å². The van der Waals surface area contributed by atoms with E-state index in [1.54, 1.807) is 0 Å². The van der Waals surface area contributed by atoms with Gasteiger partial charge in [-0.25, -0.2) is 0 Å². The molecule has 4 nitrogen and oxygen atoms in total. The topological polar surface area (TPSA) is 56.3 Å². The third-order valence-electron chi connectivity index (χ3n) is 3.72. The third-order valence-corrected chi connectivity index (χ3v) is 3.72. The number of likely N-dealkylation sites (N-methyl/N-ethyl adjacent to an activating group) is 1. The lowest BCUT2D eigenvalue weighted by Gasteiger charge is -2.39. The summed E-state index contributed by atoms with van der Waals surface area (Å²) in [6, 6.07) is 8.74. The molecular weight excluding hydrogens is 224 g/mol. The minimum atomic E-state index is 0.480. The Hall–Kier alpha value is -1.57. The van der Waals surface area contributed by atoms with Crippen molar-refractivity contribution >= 4 is 5.69 Å². The molecule has 1 aromatic carbocycles. The number of nitriles is 1. The highest BCUT2D eigenvalue weighted by Gasteiger charge is 2.22. The maximum atomic E-state index is 9.26. The summed E-state index contributed by atoms with van der Waals surface area (Å²) in [5, 5.41) is 9.26. The van der Waals surface area contributed by atoms with Crippen LogP contribution in [0.1, 0.15) is 18.1 Å². The van der Waals surface area contributed by atoms with E-state index in [0.717, 1.165) is 36.4 Å². The van der Waals surface area contributed by atoms with Crippen LogP contribution in [0.3, 0.4) is 0 Å². The summed E-state index contributed by atoms with van der Waals surface area (Å²) in [7, 11) is 2.14. The first-order valence-electron chi connectivity index (χ1n) is 6.34. The van der Waals surface area contributed by atoms with Crippen LogP contribution in [0.25, 0.3) is 0 Å². The number of anilines is 1. The van der Waals surface area contributed by atoms with Crippen LogP contribution in [0.4, 0.5) is 5.69 Å². The first-order chi connectivity index (χ1) is 8.65. The smallest absolute Gasteiger partial charge is 0.101 e. The molecule has 18 heavy (non-hydrogen) atoms. The van der Waals surface area contributed by atoms with Gasteiger partial charge in [0.15, 0.2) is 0 Å². The van der Waals surface area contributed by atoms with Crippen molar-refractivity contribution in [1.82, 2.24) is 4.90 Å². The molecule has 1 unspecified atom stereocenters. The second-order valence-corrected chi connectivity index (χ2v) is 4.94. The minimum absolute atomic E-state index is 0.480. The SMILES string of the molecule is CC1CN(c2ccc(CN)cc2C#N)CCN1C. The number of piperazine rings is 1. The van der Waals surface area contributed by atoms with E-state index in [1.165, 1.54) is 0 Å². The Morgan fingerprint density at radius 2 is 2.22 bits per heavy atom. The highest BCUT2D eigenvalue weighted by molar-refractivity contribution is 5.60. The van der Waals surface area contributed by atoms with Gasteiger partial charge in [-0.3, -0.25) is 0 Å². The Balaban J connectivity index is 2.26. The molecule has 0 saturated carbocycles. The molecule has 1 saturated heterocycles. The van der Waals surface area contributed by atoms with Crippen LogP contribution in [0.2, 0.25) is 0 Å². The molecule has 1 atom stereocenters. The molecule has 1 fully saturated rings. The van der Waals surface area contributed by atoms with Crippen LogP contribution < -0.4 is 10.6 Å². The standard InChI is InChI=1S/C14H20N4/c1-11-10-18(6-5-17(11)2)14-4-3-12(8-15)7-13(14)9-16/h3-4,7,11H,5-6,8,10,15H2,1-2H3. The van der Waals surface area contributed by atoms with Gasteiger partial charge in [0.25, 0.3) is 0 Å². The van der Waals surface area contributed by atoms with Crippen LogP contribution in [-0.2, 0) is 6.54 Å². The second-order valence-electron chi connectivity index (χ2n) is 4.94. The van der Waals surface area contributed by atoms with Crippen molar-refractivity contribution in [1.29, 1.82) is 5.26 Å². The van der Waals surface area contributed by atoms with Crippen molar-refractivity contribution in [3.63, 3.8) is 0 Å². The Kier molecular flexibility index (Phi) is 3.85. The van der Waals surface area contributed by atoms with Gasteiger partial charge in [0, 0.05) is 32.2 Å². The van der Waals surface area contributed by atoms with E-state index in [9.17, 15) is 5.26 Å². The van der Waals surface area contributed by atoms with Crippen molar-refractivity contribution in [2.75, 3.05) is 31.6 Å². The van der Waals surface area contributed by atoms with Gasteiger partial charge in [-0.15, -0.1) is 0 Å². The Morgan fingerprint density at radius 1 is 1.44 bits per heavy atom. The molecule has 0 bridgehead atoms.